The zero-order chi connectivity index (χ0) is 49.9. The molecule has 74 heavy (non-hydrogen) atoms. The molecule has 0 radical (unpaired) electrons. The van der Waals surface area contributed by atoms with E-state index in [9.17, 15) is 5.26 Å². The molecule has 13 rings (SSSR count). The Morgan fingerprint density at radius 2 is 0.797 bits per heavy atom. The van der Waals surface area contributed by atoms with E-state index in [4.69, 9.17) is 15.0 Å². The maximum absolute atomic E-state index is 15.1. The van der Waals surface area contributed by atoms with Crippen molar-refractivity contribution >= 4 is 43.6 Å². The fourth-order valence-electron chi connectivity index (χ4n) is 10.4. The van der Waals surface area contributed by atoms with Crippen molar-refractivity contribution in [1.29, 1.82) is 5.26 Å². The number of halogens is 3. The van der Waals surface area contributed by atoms with E-state index in [0.29, 0.717) is 22.4 Å². The van der Waals surface area contributed by atoms with E-state index >= 15 is 13.2 Å². The number of nitrogens with zero attached hydrogens (tertiary/aromatic N) is 6. The van der Waals surface area contributed by atoms with Gasteiger partial charge < -0.3 is 9.13 Å². The monoisotopic (exact) mass is 960 g/mol. The highest BCUT2D eigenvalue weighted by Gasteiger charge is 2.33. The third kappa shape index (κ3) is 7.65. The highest BCUT2D eigenvalue weighted by molar-refractivity contribution is 6.12. The van der Waals surface area contributed by atoms with Crippen molar-refractivity contribution in [2.45, 2.75) is 6.18 Å². The average Bonchev–Trinajstić information content (AvgIpc) is 3.98. The number of rotatable bonds is 8. The van der Waals surface area contributed by atoms with Crippen molar-refractivity contribution in [3.63, 3.8) is 0 Å². The molecule has 9 heteroatoms. The Hall–Kier alpha value is -9.91. The first-order valence-corrected chi connectivity index (χ1v) is 24.1. The summed E-state index contributed by atoms with van der Waals surface area (Å²) in [5, 5.41) is 13.9. The standard InChI is InChI=1S/C65H39F3N6/c66-65(67,68)49-30-34-60(73-56-25-12-10-23-50(56)53-36-46(28-32-58(53)73)42-16-4-1-5-17-42)55(39-49)64-71-62(44-20-8-3-9-21-44)70-63(72-64)52-31-27-48(45-22-14-15-41(35-45)40-69)38-61(52)74-57-26-13-11-24-51(57)54-37-47(29-33-59(54)74)43-18-6-2-7-19-43/h1-39H. The largest absolute Gasteiger partial charge is 0.416 e. The Labute approximate surface area is 423 Å². The summed E-state index contributed by atoms with van der Waals surface area (Å²) in [6, 6.07) is 78.2. The smallest absolute Gasteiger partial charge is 0.309 e. The molecule has 6 nitrogen and oxygen atoms in total. The number of hydrogen-bond donors (Lipinski definition) is 0. The summed E-state index contributed by atoms with van der Waals surface area (Å²) in [6.07, 6.45) is -4.68. The molecule has 3 heterocycles. The molecule has 0 bridgehead atoms. The number of alkyl halides is 3. The van der Waals surface area contributed by atoms with Gasteiger partial charge in [-0.3, -0.25) is 0 Å². The van der Waals surface area contributed by atoms with Crippen LogP contribution in [0.1, 0.15) is 11.1 Å². The van der Waals surface area contributed by atoms with Crippen LogP contribution in [0.15, 0.2) is 237 Å². The predicted octanol–water partition coefficient (Wildman–Crippen LogP) is 17.0. The minimum Gasteiger partial charge on any atom is -0.309 e. The Balaban J connectivity index is 1.09. The zero-order valence-corrected chi connectivity index (χ0v) is 39.3. The second kappa shape index (κ2) is 17.7. The van der Waals surface area contributed by atoms with Gasteiger partial charge in [0.1, 0.15) is 0 Å². The summed E-state index contributed by atoms with van der Waals surface area (Å²) in [7, 11) is 0. The van der Waals surface area contributed by atoms with Crippen LogP contribution in [0.4, 0.5) is 13.2 Å². The Morgan fingerprint density at radius 1 is 0.338 bits per heavy atom. The van der Waals surface area contributed by atoms with Crippen LogP contribution in [0.2, 0.25) is 0 Å². The molecule has 0 amide bonds. The molecule has 0 saturated carbocycles. The van der Waals surface area contributed by atoms with Crippen LogP contribution in [0.5, 0.6) is 0 Å². The van der Waals surface area contributed by atoms with E-state index in [-0.39, 0.29) is 23.0 Å². The summed E-state index contributed by atoms with van der Waals surface area (Å²) >= 11 is 0. The van der Waals surface area contributed by atoms with Gasteiger partial charge in [-0.1, -0.05) is 158 Å². The van der Waals surface area contributed by atoms with E-state index in [1.807, 2.05) is 150 Å². The van der Waals surface area contributed by atoms with Gasteiger partial charge in [-0.15, -0.1) is 0 Å². The molecule has 3 aromatic heterocycles. The summed E-state index contributed by atoms with van der Waals surface area (Å²) < 4.78 is 49.5. The maximum atomic E-state index is 15.1. The van der Waals surface area contributed by atoms with Crippen LogP contribution >= 0.6 is 0 Å². The van der Waals surface area contributed by atoms with Crippen LogP contribution in [0.3, 0.4) is 0 Å². The third-order valence-electron chi connectivity index (χ3n) is 13.8. The van der Waals surface area contributed by atoms with E-state index < -0.39 is 11.7 Å². The molecule has 0 aliphatic heterocycles. The van der Waals surface area contributed by atoms with Gasteiger partial charge >= 0.3 is 6.18 Å². The quantitative estimate of drug-likeness (QED) is 0.152. The normalized spacial score (nSPS) is 11.7. The molecule has 350 valence electrons. The first kappa shape index (κ1) is 44.1. The number of nitriles is 1. The van der Waals surface area contributed by atoms with Crippen LogP contribution in [-0.2, 0) is 6.18 Å². The van der Waals surface area contributed by atoms with Crippen molar-refractivity contribution in [3.05, 3.63) is 248 Å². The fraction of sp³-hybridized carbons (Fsp3) is 0.0154. The second-order valence-electron chi connectivity index (χ2n) is 18.2. The molecule has 0 aliphatic carbocycles. The highest BCUT2D eigenvalue weighted by Crippen LogP contribution is 2.43. The van der Waals surface area contributed by atoms with Crippen molar-refractivity contribution in [2.75, 3.05) is 0 Å². The van der Waals surface area contributed by atoms with Gasteiger partial charge in [-0.2, -0.15) is 18.4 Å². The zero-order valence-electron chi connectivity index (χ0n) is 39.3. The molecule has 0 atom stereocenters. The van der Waals surface area contributed by atoms with Crippen molar-refractivity contribution in [3.8, 4) is 85.0 Å². The molecular weight excluding hydrogens is 922 g/mol. The lowest BCUT2D eigenvalue weighted by atomic mass is 9.99. The first-order valence-electron chi connectivity index (χ1n) is 24.1. The fourth-order valence-corrected chi connectivity index (χ4v) is 10.4. The van der Waals surface area contributed by atoms with E-state index in [1.54, 1.807) is 6.07 Å². The molecule has 0 aliphatic rings. The lowest BCUT2D eigenvalue weighted by molar-refractivity contribution is -0.137. The molecule has 0 N–H and O–H groups in total. The van der Waals surface area contributed by atoms with Crippen LogP contribution < -0.4 is 0 Å². The third-order valence-corrected chi connectivity index (χ3v) is 13.8. The topological polar surface area (TPSA) is 72.3 Å². The Kier molecular flexibility index (Phi) is 10.6. The van der Waals surface area contributed by atoms with Crippen molar-refractivity contribution in [2.24, 2.45) is 0 Å². The van der Waals surface area contributed by atoms with Gasteiger partial charge in [0.05, 0.1) is 50.6 Å². The highest BCUT2D eigenvalue weighted by atomic mass is 19.4. The number of benzene rings is 10. The van der Waals surface area contributed by atoms with Gasteiger partial charge in [-0.25, -0.2) is 15.0 Å². The minimum absolute atomic E-state index is 0.0632. The van der Waals surface area contributed by atoms with E-state index in [2.05, 4.69) is 77.4 Å². The predicted molar refractivity (Wildman–Crippen MR) is 291 cm³/mol. The molecule has 0 fully saturated rings. The van der Waals surface area contributed by atoms with Crippen molar-refractivity contribution < 1.29 is 13.2 Å². The summed E-state index contributed by atoms with van der Waals surface area (Å²) in [5.41, 5.74) is 11.7. The van der Waals surface area contributed by atoms with Gasteiger partial charge in [-0.05, 0) is 112 Å². The van der Waals surface area contributed by atoms with Gasteiger partial charge in [0.15, 0.2) is 17.5 Å². The molecule has 0 spiro atoms. The number of aromatic nitrogens is 5. The second-order valence-corrected chi connectivity index (χ2v) is 18.2. The number of fused-ring (bicyclic) bond motifs is 6. The average molecular weight is 961 g/mol. The molecule has 10 aromatic carbocycles. The van der Waals surface area contributed by atoms with E-state index in [1.165, 1.54) is 6.07 Å². The summed E-state index contributed by atoms with van der Waals surface area (Å²) in [5.74, 6) is 0.606. The molecule has 13 aromatic rings. The summed E-state index contributed by atoms with van der Waals surface area (Å²) in [4.78, 5) is 15.6. The van der Waals surface area contributed by atoms with Crippen LogP contribution in [0.25, 0.3) is 123 Å². The maximum Gasteiger partial charge on any atom is 0.416 e. The number of para-hydroxylation sites is 2. The minimum atomic E-state index is -4.68. The molecule has 0 unspecified atom stereocenters. The van der Waals surface area contributed by atoms with Gasteiger partial charge in [0.25, 0.3) is 0 Å². The number of hydrogen-bond acceptors (Lipinski definition) is 4. The molecule has 0 saturated heterocycles. The molecular formula is C65H39F3N6. The summed E-state index contributed by atoms with van der Waals surface area (Å²) in [6.45, 7) is 0. The van der Waals surface area contributed by atoms with Crippen molar-refractivity contribution in [1.82, 2.24) is 24.1 Å². The van der Waals surface area contributed by atoms with Crippen LogP contribution in [0, 0.1) is 11.3 Å². The lowest BCUT2D eigenvalue weighted by Crippen LogP contribution is -2.09. The van der Waals surface area contributed by atoms with Crippen LogP contribution in [-0.4, -0.2) is 24.1 Å². The SMILES string of the molecule is N#Cc1cccc(-c2ccc(-c3nc(-c4ccccc4)nc(-c4cc(C(F)(F)F)ccc4-n4c5ccccc5c5cc(-c6ccccc6)ccc54)n3)c(-n3c4ccccc4c4cc(-c5ccccc5)ccc43)c2)c1. The Bertz CT molecular complexity index is 4360. The lowest BCUT2D eigenvalue weighted by Gasteiger charge is -2.18. The van der Waals surface area contributed by atoms with Gasteiger partial charge in [0.2, 0.25) is 0 Å². The first-order chi connectivity index (χ1) is 36.3. The van der Waals surface area contributed by atoms with E-state index in [0.717, 1.165) is 94.8 Å². The Morgan fingerprint density at radius 3 is 1.38 bits per heavy atom. The van der Waals surface area contributed by atoms with Gasteiger partial charge in [0, 0.05) is 38.2 Å².